The maximum atomic E-state index is 15.1. The van der Waals surface area contributed by atoms with Gasteiger partial charge in [0.1, 0.15) is 11.9 Å². The average Bonchev–Trinajstić information content (AvgIpc) is 3.48. The number of fused-ring (bicyclic) bond motifs is 6. The predicted molar refractivity (Wildman–Crippen MR) is 177 cm³/mol. The minimum atomic E-state index is -0.321. The fourth-order valence-corrected chi connectivity index (χ4v) is 15.5. The van der Waals surface area contributed by atoms with Crippen LogP contribution in [0.2, 0.25) is 0 Å². The molecule has 4 aliphatic carbocycles. The Hall–Kier alpha value is -0.690. The van der Waals surface area contributed by atoms with E-state index in [0.29, 0.717) is 36.6 Å². The van der Waals surface area contributed by atoms with Crippen LogP contribution in [0.1, 0.15) is 120 Å². The van der Waals surface area contributed by atoms with Crippen LogP contribution in [0.5, 0.6) is 0 Å². The standard InChI is InChI=1S/C36H58O5S2/c1-22(2)11-10-12-23(3)26-13-16-34(9)31-30(27(39)19-35(26,34)21-40-24(4)37)33(8)15-14-29(41-25(5)38)32(6,7)28(33)20-36(31)42-17-18-43-36/h22-23,26,28-31H,10-21H2,1-9H3/t23?,26-,28+,29+,30+,31-,33+,34+,35+/m1/s1. The van der Waals surface area contributed by atoms with Crippen LogP contribution in [0.15, 0.2) is 0 Å². The topological polar surface area (TPSA) is 69.7 Å². The number of ether oxygens (including phenoxy) is 2. The molecule has 1 spiro atoms. The van der Waals surface area contributed by atoms with Crippen molar-refractivity contribution in [1.29, 1.82) is 0 Å². The fourth-order valence-electron chi connectivity index (χ4n) is 11.6. The molecular formula is C36H58O5S2. The number of thioether (sulfide) groups is 2. The number of rotatable bonds is 8. The third kappa shape index (κ3) is 5.34. The van der Waals surface area contributed by atoms with Crippen molar-refractivity contribution in [3.8, 4) is 0 Å². The van der Waals surface area contributed by atoms with E-state index in [9.17, 15) is 9.59 Å². The maximum Gasteiger partial charge on any atom is 0.302 e. The van der Waals surface area contributed by atoms with Crippen molar-refractivity contribution in [2.75, 3.05) is 18.1 Å². The summed E-state index contributed by atoms with van der Waals surface area (Å²) < 4.78 is 11.9. The summed E-state index contributed by atoms with van der Waals surface area (Å²) in [7, 11) is 0. The van der Waals surface area contributed by atoms with Gasteiger partial charge in [0, 0.05) is 48.5 Å². The Bertz CT molecular complexity index is 1100. The van der Waals surface area contributed by atoms with Gasteiger partial charge in [0.2, 0.25) is 0 Å². The SMILES string of the molecule is CC(=O)OC[C@]12CC(=O)[C@H]3[C@@H](C4(C[C@H]5C(C)(C)[C@@H](OC(C)=O)CC[C@]35C)SCCS4)[C@]1(C)CC[C@@H]2C(C)CCCC(C)C. The van der Waals surface area contributed by atoms with Crippen LogP contribution in [0, 0.1) is 57.2 Å². The number of hydrogen-bond acceptors (Lipinski definition) is 7. The lowest BCUT2D eigenvalue weighted by molar-refractivity contribution is -0.216. The minimum Gasteiger partial charge on any atom is -0.465 e. The molecule has 0 aromatic rings. The first-order valence-electron chi connectivity index (χ1n) is 17.2. The summed E-state index contributed by atoms with van der Waals surface area (Å²) in [4.78, 5) is 39.6. The van der Waals surface area contributed by atoms with Gasteiger partial charge >= 0.3 is 11.9 Å². The predicted octanol–water partition coefficient (Wildman–Crippen LogP) is 8.57. The van der Waals surface area contributed by atoms with Gasteiger partial charge in [0.15, 0.2) is 0 Å². The Morgan fingerprint density at radius 3 is 2.23 bits per heavy atom. The van der Waals surface area contributed by atoms with Crippen molar-refractivity contribution in [3.63, 3.8) is 0 Å². The third-order valence-electron chi connectivity index (χ3n) is 13.6. The zero-order chi connectivity index (χ0) is 31.6. The first kappa shape index (κ1) is 33.7. The molecule has 0 bridgehead atoms. The second-order valence-electron chi connectivity index (χ2n) is 16.6. The Balaban J connectivity index is 1.60. The Labute approximate surface area is 269 Å². The normalized spacial score (nSPS) is 41.8. The van der Waals surface area contributed by atoms with E-state index in [1.807, 2.05) is 0 Å². The molecule has 1 unspecified atom stereocenters. The van der Waals surface area contributed by atoms with E-state index in [4.69, 9.17) is 9.47 Å². The van der Waals surface area contributed by atoms with E-state index >= 15 is 4.79 Å². The van der Waals surface area contributed by atoms with Crippen LogP contribution in [-0.4, -0.2) is 46.0 Å². The first-order chi connectivity index (χ1) is 20.0. The van der Waals surface area contributed by atoms with Crippen molar-refractivity contribution in [2.24, 2.45) is 57.2 Å². The highest BCUT2D eigenvalue weighted by Gasteiger charge is 2.77. The zero-order valence-corrected chi connectivity index (χ0v) is 30.0. The average molecular weight is 635 g/mol. The zero-order valence-electron chi connectivity index (χ0n) is 28.4. The Morgan fingerprint density at radius 2 is 1.63 bits per heavy atom. The molecule has 5 nitrogen and oxygen atoms in total. The Kier molecular flexibility index (Phi) is 9.27. The molecule has 43 heavy (non-hydrogen) atoms. The molecule has 244 valence electrons. The van der Waals surface area contributed by atoms with E-state index in [2.05, 4.69) is 72.0 Å². The molecule has 5 rings (SSSR count). The van der Waals surface area contributed by atoms with Crippen LogP contribution in [0.25, 0.3) is 0 Å². The lowest BCUT2D eigenvalue weighted by atomic mass is 9.37. The molecule has 9 atom stereocenters. The monoisotopic (exact) mass is 634 g/mol. The van der Waals surface area contributed by atoms with Gasteiger partial charge in [-0.3, -0.25) is 14.4 Å². The van der Waals surface area contributed by atoms with E-state index in [-0.39, 0.29) is 61.5 Å². The second-order valence-corrected chi connectivity index (χ2v) is 19.7. The van der Waals surface area contributed by atoms with Crippen molar-refractivity contribution in [2.45, 2.75) is 130 Å². The van der Waals surface area contributed by atoms with Gasteiger partial charge in [0.05, 0.1) is 10.7 Å². The fraction of sp³-hybridized carbons (Fsp3) is 0.917. The van der Waals surface area contributed by atoms with Crippen molar-refractivity contribution in [1.82, 2.24) is 0 Å². The second kappa shape index (κ2) is 11.8. The summed E-state index contributed by atoms with van der Waals surface area (Å²) in [6, 6.07) is 0. The van der Waals surface area contributed by atoms with E-state index in [1.165, 1.54) is 33.1 Å². The molecule has 0 radical (unpaired) electrons. The number of Topliss-reactive ketones (excluding diaryl/α,β-unsaturated/α-hetero) is 1. The van der Waals surface area contributed by atoms with Gasteiger partial charge in [-0.05, 0) is 72.5 Å². The molecular weight excluding hydrogens is 577 g/mol. The molecule has 7 heteroatoms. The van der Waals surface area contributed by atoms with Gasteiger partial charge in [-0.2, -0.15) is 0 Å². The lowest BCUT2D eigenvalue weighted by Crippen LogP contribution is -2.70. The summed E-state index contributed by atoms with van der Waals surface area (Å²) in [6.07, 6.45) is 9.02. The molecule has 1 saturated heterocycles. The van der Waals surface area contributed by atoms with E-state index in [0.717, 1.165) is 43.6 Å². The molecule has 4 saturated carbocycles. The molecule has 0 aromatic carbocycles. The highest BCUT2D eigenvalue weighted by Crippen LogP contribution is 2.79. The van der Waals surface area contributed by atoms with Crippen LogP contribution < -0.4 is 0 Å². The quantitative estimate of drug-likeness (QED) is 0.248. The maximum absolute atomic E-state index is 15.1. The number of ketones is 1. The van der Waals surface area contributed by atoms with Gasteiger partial charge in [-0.1, -0.05) is 67.7 Å². The van der Waals surface area contributed by atoms with Gasteiger partial charge < -0.3 is 9.47 Å². The summed E-state index contributed by atoms with van der Waals surface area (Å²) >= 11 is 4.23. The van der Waals surface area contributed by atoms with Crippen LogP contribution >= 0.6 is 23.5 Å². The van der Waals surface area contributed by atoms with E-state index < -0.39 is 0 Å². The van der Waals surface area contributed by atoms with Crippen LogP contribution in [-0.2, 0) is 23.9 Å². The largest absolute Gasteiger partial charge is 0.465 e. The summed E-state index contributed by atoms with van der Waals surface area (Å²) in [5.41, 5.74) is -0.767. The van der Waals surface area contributed by atoms with Crippen LogP contribution in [0.4, 0.5) is 0 Å². The van der Waals surface area contributed by atoms with E-state index in [1.54, 1.807) is 0 Å². The summed E-state index contributed by atoms with van der Waals surface area (Å²) in [5.74, 6) is 4.28. The molecule has 0 amide bonds. The molecule has 5 fully saturated rings. The van der Waals surface area contributed by atoms with Crippen molar-refractivity contribution in [3.05, 3.63) is 0 Å². The third-order valence-corrected chi connectivity index (χ3v) is 17.2. The highest BCUT2D eigenvalue weighted by molar-refractivity contribution is 8.21. The smallest absolute Gasteiger partial charge is 0.302 e. The number of carbonyl (C=O) groups is 3. The van der Waals surface area contributed by atoms with Crippen molar-refractivity contribution < 1.29 is 23.9 Å². The molecule has 0 aromatic heterocycles. The summed E-state index contributed by atoms with van der Waals surface area (Å²) in [6.45, 7) is 20.0. The lowest BCUT2D eigenvalue weighted by Gasteiger charge is -2.70. The molecule has 5 aliphatic rings. The molecule has 0 N–H and O–H groups in total. The number of hydrogen-bond donors (Lipinski definition) is 0. The number of esters is 2. The van der Waals surface area contributed by atoms with Crippen LogP contribution in [0.3, 0.4) is 0 Å². The Morgan fingerprint density at radius 1 is 0.953 bits per heavy atom. The van der Waals surface area contributed by atoms with Crippen molar-refractivity contribution >= 4 is 41.2 Å². The van der Waals surface area contributed by atoms with Gasteiger partial charge in [0.25, 0.3) is 0 Å². The molecule has 1 heterocycles. The molecule has 1 aliphatic heterocycles. The highest BCUT2D eigenvalue weighted by atomic mass is 32.2. The van der Waals surface area contributed by atoms with Gasteiger partial charge in [-0.25, -0.2) is 0 Å². The van der Waals surface area contributed by atoms with Gasteiger partial charge in [-0.15, -0.1) is 23.5 Å². The summed E-state index contributed by atoms with van der Waals surface area (Å²) in [5, 5.41) is 0. The first-order valence-corrected chi connectivity index (χ1v) is 19.1. The minimum absolute atomic E-state index is 0.0210. The number of carbonyl (C=O) groups excluding carboxylic acids is 3.